The Morgan fingerprint density at radius 1 is 1.25 bits per heavy atom. The number of aromatic nitrogens is 1. The van der Waals surface area contributed by atoms with E-state index in [2.05, 4.69) is 10.3 Å². The molecule has 1 aromatic heterocycles. The van der Waals surface area contributed by atoms with Crippen LogP contribution in [0.5, 0.6) is 0 Å². The van der Waals surface area contributed by atoms with Crippen LogP contribution >= 0.6 is 0 Å². The third-order valence-corrected chi connectivity index (χ3v) is 4.64. The molecule has 0 atom stereocenters. The Kier molecular flexibility index (Phi) is 6.53. The molecule has 2 rings (SSSR count). The largest absolute Gasteiger partial charge is 0.341 e. The molecule has 1 N–H and O–H groups in total. The highest BCUT2D eigenvalue weighted by molar-refractivity contribution is 5.97. The van der Waals surface area contributed by atoms with Crippen LogP contribution in [-0.2, 0) is 9.59 Å². The average Bonchev–Trinajstić information content (AvgIpc) is 2.62. The van der Waals surface area contributed by atoms with Gasteiger partial charge in [0.25, 0.3) is 0 Å². The topological polar surface area (TPSA) is 62.3 Å². The molecular weight excluding hydrogens is 302 g/mol. The van der Waals surface area contributed by atoms with Gasteiger partial charge in [-0.15, -0.1) is 0 Å². The fraction of sp³-hybridized carbons (Fsp3) is 0.526. The SMILES string of the molecule is CCN(CC)C(=O)C1(NC(=O)C=Cc2cccnc2)CCCCC1. The van der Waals surface area contributed by atoms with Crippen molar-refractivity contribution >= 4 is 17.9 Å². The van der Waals surface area contributed by atoms with E-state index in [-0.39, 0.29) is 11.8 Å². The first kappa shape index (κ1) is 18.2. The van der Waals surface area contributed by atoms with Gasteiger partial charge in [-0.1, -0.05) is 25.3 Å². The number of carbonyl (C=O) groups is 2. The summed E-state index contributed by atoms with van der Waals surface area (Å²) in [5, 5.41) is 3.01. The smallest absolute Gasteiger partial charge is 0.248 e. The molecule has 0 bridgehead atoms. The zero-order valence-electron chi connectivity index (χ0n) is 14.6. The molecule has 1 aromatic rings. The summed E-state index contributed by atoms with van der Waals surface area (Å²) in [5.41, 5.74) is 0.112. The predicted molar refractivity (Wildman–Crippen MR) is 95.2 cm³/mol. The number of hydrogen-bond donors (Lipinski definition) is 1. The van der Waals surface area contributed by atoms with E-state index in [1.54, 1.807) is 18.5 Å². The van der Waals surface area contributed by atoms with Gasteiger partial charge in [-0.25, -0.2) is 0 Å². The van der Waals surface area contributed by atoms with Gasteiger partial charge in [0.2, 0.25) is 11.8 Å². The van der Waals surface area contributed by atoms with E-state index >= 15 is 0 Å². The van der Waals surface area contributed by atoms with E-state index in [4.69, 9.17) is 0 Å². The molecule has 0 aromatic carbocycles. The van der Waals surface area contributed by atoms with Crippen molar-refractivity contribution in [1.29, 1.82) is 0 Å². The molecule has 0 radical (unpaired) electrons. The maximum Gasteiger partial charge on any atom is 0.248 e. The highest BCUT2D eigenvalue weighted by atomic mass is 16.2. The summed E-state index contributed by atoms with van der Waals surface area (Å²) in [4.78, 5) is 31.2. The number of pyridine rings is 1. The van der Waals surface area contributed by atoms with E-state index in [0.717, 1.165) is 37.7 Å². The zero-order valence-corrected chi connectivity index (χ0v) is 14.6. The number of amides is 2. The van der Waals surface area contributed by atoms with Gasteiger partial charge in [0.1, 0.15) is 5.54 Å². The Bertz CT molecular complexity index is 574. The molecule has 1 aliphatic carbocycles. The van der Waals surface area contributed by atoms with Crippen LogP contribution in [0.15, 0.2) is 30.6 Å². The Morgan fingerprint density at radius 2 is 1.96 bits per heavy atom. The maximum absolute atomic E-state index is 13.0. The molecule has 0 unspecified atom stereocenters. The van der Waals surface area contributed by atoms with Crippen LogP contribution in [0.4, 0.5) is 0 Å². The molecule has 1 heterocycles. The fourth-order valence-electron chi connectivity index (χ4n) is 3.29. The molecule has 24 heavy (non-hydrogen) atoms. The molecule has 130 valence electrons. The first-order valence-electron chi connectivity index (χ1n) is 8.81. The van der Waals surface area contributed by atoms with Crippen molar-refractivity contribution in [2.45, 2.75) is 51.5 Å². The summed E-state index contributed by atoms with van der Waals surface area (Å²) in [5.74, 6) is -0.170. The fourth-order valence-corrected chi connectivity index (χ4v) is 3.29. The average molecular weight is 329 g/mol. The Morgan fingerprint density at radius 3 is 2.54 bits per heavy atom. The summed E-state index contributed by atoms with van der Waals surface area (Å²) in [6, 6.07) is 3.71. The third kappa shape index (κ3) is 4.43. The quantitative estimate of drug-likeness (QED) is 0.816. The first-order chi connectivity index (χ1) is 11.6. The van der Waals surface area contributed by atoms with Crippen molar-refractivity contribution in [3.63, 3.8) is 0 Å². The molecule has 0 spiro atoms. The van der Waals surface area contributed by atoms with Crippen LogP contribution in [0, 0.1) is 0 Å². The van der Waals surface area contributed by atoms with Gasteiger partial charge in [0.15, 0.2) is 0 Å². The zero-order chi connectivity index (χ0) is 17.4. The van der Waals surface area contributed by atoms with Crippen molar-refractivity contribution in [3.8, 4) is 0 Å². The van der Waals surface area contributed by atoms with E-state index in [9.17, 15) is 9.59 Å². The van der Waals surface area contributed by atoms with E-state index in [1.165, 1.54) is 6.08 Å². The molecule has 2 amide bonds. The molecule has 1 saturated carbocycles. The van der Waals surface area contributed by atoms with Crippen molar-refractivity contribution in [2.75, 3.05) is 13.1 Å². The molecule has 5 heteroatoms. The normalized spacial score (nSPS) is 16.8. The second-order valence-corrected chi connectivity index (χ2v) is 6.23. The Labute approximate surface area is 144 Å². The third-order valence-electron chi connectivity index (χ3n) is 4.64. The van der Waals surface area contributed by atoms with Crippen molar-refractivity contribution in [3.05, 3.63) is 36.2 Å². The number of hydrogen-bond acceptors (Lipinski definition) is 3. The molecular formula is C19H27N3O2. The lowest BCUT2D eigenvalue weighted by molar-refractivity contribution is -0.142. The van der Waals surface area contributed by atoms with Gasteiger partial charge in [-0.05, 0) is 44.4 Å². The highest BCUT2D eigenvalue weighted by Crippen LogP contribution is 2.30. The minimum absolute atomic E-state index is 0.0512. The van der Waals surface area contributed by atoms with Gasteiger partial charge >= 0.3 is 0 Å². The van der Waals surface area contributed by atoms with E-state index in [0.29, 0.717) is 13.1 Å². The number of nitrogens with one attached hydrogen (secondary N) is 1. The predicted octanol–water partition coefficient (Wildman–Crippen LogP) is 2.78. The van der Waals surface area contributed by atoms with Crippen LogP contribution < -0.4 is 5.32 Å². The van der Waals surface area contributed by atoms with Gasteiger partial charge in [-0.3, -0.25) is 14.6 Å². The summed E-state index contributed by atoms with van der Waals surface area (Å²) in [7, 11) is 0. The summed E-state index contributed by atoms with van der Waals surface area (Å²) >= 11 is 0. The van der Waals surface area contributed by atoms with Gasteiger partial charge < -0.3 is 10.2 Å². The van der Waals surface area contributed by atoms with Crippen LogP contribution in [-0.4, -0.2) is 40.3 Å². The van der Waals surface area contributed by atoms with Crippen LogP contribution in [0.3, 0.4) is 0 Å². The van der Waals surface area contributed by atoms with Crippen LogP contribution in [0.25, 0.3) is 6.08 Å². The maximum atomic E-state index is 13.0. The summed E-state index contributed by atoms with van der Waals surface area (Å²) < 4.78 is 0. The highest BCUT2D eigenvalue weighted by Gasteiger charge is 2.42. The summed E-state index contributed by atoms with van der Waals surface area (Å²) in [6.07, 6.45) is 11.1. The van der Waals surface area contributed by atoms with Crippen LogP contribution in [0.1, 0.15) is 51.5 Å². The second-order valence-electron chi connectivity index (χ2n) is 6.23. The lowest BCUT2D eigenvalue weighted by Crippen LogP contribution is -2.60. The summed E-state index contributed by atoms with van der Waals surface area (Å²) in [6.45, 7) is 5.28. The monoisotopic (exact) mass is 329 g/mol. The Hall–Kier alpha value is -2.17. The molecule has 1 aliphatic rings. The van der Waals surface area contributed by atoms with Crippen molar-refractivity contribution in [2.24, 2.45) is 0 Å². The number of likely N-dealkylation sites (N-methyl/N-ethyl adjacent to an activating group) is 1. The molecule has 0 saturated heterocycles. The standard InChI is InChI=1S/C19H27N3O2/c1-3-22(4-2)18(24)19(12-6-5-7-13-19)21-17(23)11-10-16-9-8-14-20-15-16/h8-11,14-15H,3-7,12-13H2,1-2H3,(H,21,23). The van der Waals surface area contributed by atoms with Gasteiger partial charge in [0, 0.05) is 31.6 Å². The van der Waals surface area contributed by atoms with Gasteiger partial charge in [-0.2, -0.15) is 0 Å². The minimum atomic E-state index is -0.749. The number of carbonyl (C=O) groups excluding carboxylic acids is 2. The van der Waals surface area contributed by atoms with Gasteiger partial charge in [0.05, 0.1) is 0 Å². The first-order valence-corrected chi connectivity index (χ1v) is 8.81. The number of rotatable bonds is 6. The van der Waals surface area contributed by atoms with Crippen molar-refractivity contribution < 1.29 is 9.59 Å². The van der Waals surface area contributed by atoms with Crippen LogP contribution in [0.2, 0.25) is 0 Å². The number of nitrogens with zero attached hydrogens (tertiary/aromatic N) is 2. The minimum Gasteiger partial charge on any atom is -0.341 e. The molecule has 1 fully saturated rings. The van der Waals surface area contributed by atoms with Crippen molar-refractivity contribution in [1.82, 2.24) is 15.2 Å². The molecule has 0 aliphatic heterocycles. The Balaban J connectivity index is 2.12. The lowest BCUT2D eigenvalue weighted by atomic mass is 9.80. The molecule has 5 nitrogen and oxygen atoms in total. The van der Waals surface area contributed by atoms with E-state index in [1.807, 2.05) is 30.9 Å². The second kappa shape index (κ2) is 8.62. The van der Waals surface area contributed by atoms with E-state index < -0.39 is 5.54 Å². The lowest BCUT2D eigenvalue weighted by Gasteiger charge is -2.39.